The van der Waals surface area contributed by atoms with Crippen molar-refractivity contribution >= 4 is 28.7 Å². The van der Waals surface area contributed by atoms with Crippen LogP contribution in [-0.4, -0.2) is 64.1 Å². The number of amides is 3. The number of alkyl carbamates (subject to hydrolysis) is 1. The third-order valence-corrected chi connectivity index (χ3v) is 9.26. The van der Waals surface area contributed by atoms with E-state index in [2.05, 4.69) is 16.0 Å². The van der Waals surface area contributed by atoms with Crippen LogP contribution in [0, 0.1) is 17.8 Å². The molecule has 47 heavy (non-hydrogen) atoms. The number of aliphatic hydroxyl groups is 2. The minimum atomic E-state index is -1.23. The maximum Gasteiger partial charge on any atom is 0.408 e. The molecule has 1 aliphatic carbocycles. The van der Waals surface area contributed by atoms with E-state index in [0.717, 1.165) is 42.0 Å². The van der Waals surface area contributed by atoms with Crippen LogP contribution in [-0.2, 0) is 20.7 Å². The summed E-state index contributed by atoms with van der Waals surface area (Å²) in [6, 6.07) is 11.3. The molecular weight excluding hydrogens is 594 g/mol. The summed E-state index contributed by atoms with van der Waals surface area (Å²) < 4.78 is 5.48. The summed E-state index contributed by atoms with van der Waals surface area (Å²) in [6.07, 6.45) is 4.09. The van der Waals surface area contributed by atoms with Crippen LogP contribution < -0.4 is 16.0 Å². The second kappa shape index (κ2) is 17.8. The van der Waals surface area contributed by atoms with Gasteiger partial charge in [0.15, 0.2) is 0 Å². The molecule has 1 aliphatic rings. The first-order valence-corrected chi connectivity index (χ1v) is 17.6. The fourth-order valence-electron chi connectivity index (χ4n) is 6.52. The zero-order valence-corrected chi connectivity index (χ0v) is 29.6. The number of carbonyl (C=O) groups excluding carboxylic acids is 3. The van der Waals surface area contributed by atoms with Gasteiger partial charge in [-0.05, 0) is 74.1 Å². The average molecular weight is 654 g/mol. The van der Waals surface area contributed by atoms with Gasteiger partial charge in [-0.3, -0.25) is 9.59 Å². The first-order valence-electron chi connectivity index (χ1n) is 17.6. The summed E-state index contributed by atoms with van der Waals surface area (Å²) in [4.78, 5) is 40.8. The molecule has 262 valence electrons. The fraction of sp³-hybridized carbons (Fsp3) is 0.658. The van der Waals surface area contributed by atoms with Crippen molar-refractivity contribution in [2.24, 2.45) is 17.8 Å². The van der Waals surface area contributed by atoms with Gasteiger partial charge in [-0.1, -0.05) is 109 Å². The molecule has 0 radical (unpaired) electrons. The molecule has 9 heteroatoms. The van der Waals surface area contributed by atoms with Gasteiger partial charge < -0.3 is 30.9 Å². The molecule has 0 saturated heterocycles. The van der Waals surface area contributed by atoms with Crippen LogP contribution in [0.5, 0.6) is 0 Å². The molecule has 6 atom stereocenters. The highest BCUT2D eigenvalue weighted by atomic mass is 16.6. The molecule has 0 unspecified atom stereocenters. The van der Waals surface area contributed by atoms with E-state index >= 15 is 0 Å². The number of hydrogen-bond donors (Lipinski definition) is 5. The number of nitrogens with one attached hydrogen (secondary N) is 3. The Labute approximate surface area is 281 Å². The number of carbonyl (C=O) groups is 3. The van der Waals surface area contributed by atoms with Crippen molar-refractivity contribution in [2.45, 2.75) is 142 Å². The maximum atomic E-state index is 14.1. The molecule has 0 aliphatic heterocycles. The molecule has 0 bridgehead atoms. The number of fused-ring (bicyclic) bond motifs is 1. The van der Waals surface area contributed by atoms with Crippen LogP contribution >= 0.6 is 0 Å². The van der Waals surface area contributed by atoms with Crippen molar-refractivity contribution in [1.82, 2.24) is 16.0 Å². The summed E-state index contributed by atoms with van der Waals surface area (Å²) in [5.74, 6) is -0.700. The van der Waals surface area contributed by atoms with Gasteiger partial charge in [0.25, 0.3) is 0 Å². The lowest BCUT2D eigenvalue weighted by molar-refractivity contribution is -0.132. The van der Waals surface area contributed by atoms with Crippen LogP contribution in [0.15, 0.2) is 42.5 Å². The zero-order chi connectivity index (χ0) is 34.7. The Morgan fingerprint density at radius 3 is 2.19 bits per heavy atom. The Kier molecular flexibility index (Phi) is 14.5. The molecule has 9 nitrogen and oxygen atoms in total. The van der Waals surface area contributed by atoms with E-state index in [1.165, 1.54) is 6.42 Å². The Morgan fingerprint density at radius 2 is 1.55 bits per heavy atom. The van der Waals surface area contributed by atoms with E-state index in [1.807, 2.05) is 70.2 Å². The van der Waals surface area contributed by atoms with Crippen LogP contribution in [0.3, 0.4) is 0 Å². The summed E-state index contributed by atoms with van der Waals surface area (Å²) in [7, 11) is 0. The molecular formula is C38H59N3O6. The van der Waals surface area contributed by atoms with Crippen molar-refractivity contribution in [3.8, 4) is 0 Å². The predicted octanol–water partition coefficient (Wildman–Crippen LogP) is 6.03. The van der Waals surface area contributed by atoms with Crippen molar-refractivity contribution in [3.05, 3.63) is 48.0 Å². The Hall–Kier alpha value is -3.17. The molecule has 0 spiro atoms. The van der Waals surface area contributed by atoms with E-state index in [4.69, 9.17) is 4.74 Å². The SMILES string of the molecule is CC[C@H](C)[C@H](NC(=O)[C@H](CC1CCCCC1)NC(=O)OC(C)(C)C)C(=O)N[C@@H](Cc1cccc2ccccc12)[C@@H](O)[C@@H](O)CC(C)C. The van der Waals surface area contributed by atoms with E-state index in [1.54, 1.807) is 20.8 Å². The third-order valence-electron chi connectivity index (χ3n) is 9.26. The summed E-state index contributed by atoms with van der Waals surface area (Å²) in [6.45, 7) is 13.1. The van der Waals surface area contributed by atoms with Crippen LogP contribution in [0.1, 0.15) is 105 Å². The Morgan fingerprint density at radius 1 is 0.894 bits per heavy atom. The second-order valence-electron chi connectivity index (χ2n) is 15.0. The number of benzene rings is 2. The summed E-state index contributed by atoms with van der Waals surface area (Å²) in [5.41, 5.74) is 0.206. The first-order chi connectivity index (χ1) is 22.2. The molecule has 1 fully saturated rings. The topological polar surface area (TPSA) is 137 Å². The quantitative estimate of drug-likeness (QED) is 0.159. The van der Waals surface area contributed by atoms with Crippen LogP contribution in [0.25, 0.3) is 10.8 Å². The molecule has 5 N–H and O–H groups in total. The van der Waals surface area contributed by atoms with Crippen molar-refractivity contribution in [2.75, 3.05) is 0 Å². The van der Waals surface area contributed by atoms with Crippen LogP contribution in [0.4, 0.5) is 4.79 Å². The molecule has 1 saturated carbocycles. The van der Waals surface area contributed by atoms with Gasteiger partial charge >= 0.3 is 6.09 Å². The molecule has 3 amide bonds. The molecule has 0 aromatic heterocycles. The average Bonchev–Trinajstić information content (AvgIpc) is 3.01. The summed E-state index contributed by atoms with van der Waals surface area (Å²) >= 11 is 0. The van der Waals surface area contributed by atoms with E-state index in [9.17, 15) is 24.6 Å². The highest BCUT2D eigenvalue weighted by Crippen LogP contribution is 2.28. The molecule has 3 rings (SSSR count). The normalized spacial score (nSPS) is 18.1. The van der Waals surface area contributed by atoms with E-state index < -0.39 is 53.8 Å². The van der Waals surface area contributed by atoms with Gasteiger partial charge in [-0.2, -0.15) is 0 Å². The van der Waals surface area contributed by atoms with Gasteiger partial charge in [0.2, 0.25) is 11.8 Å². The molecule has 2 aromatic carbocycles. The lowest BCUT2D eigenvalue weighted by Crippen LogP contribution is -2.59. The number of ether oxygens (including phenoxy) is 1. The summed E-state index contributed by atoms with van der Waals surface area (Å²) in [5, 5.41) is 33.2. The first kappa shape index (κ1) is 38.3. The monoisotopic (exact) mass is 653 g/mol. The maximum absolute atomic E-state index is 14.1. The molecule has 2 aromatic rings. The number of hydrogen-bond acceptors (Lipinski definition) is 6. The third kappa shape index (κ3) is 12.1. The minimum absolute atomic E-state index is 0.138. The lowest BCUT2D eigenvalue weighted by atomic mass is 9.84. The largest absolute Gasteiger partial charge is 0.444 e. The highest BCUT2D eigenvalue weighted by Gasteiger charge is 2.35. The van der Waals surface area contributed by atoms with Gasteiger partial charge in [0, 0.05) is 0 Å². The number of rotatable bonds is 15. The van der Waals surface area contributed by atoms with Gasteiger partial charge in [-0.15, -0.1) is 0 Å². The second-order valence-corrected chi connectivity index (χ2v) is 15.0. The highest BCUT2D eigenvalue weighted by molar-refractivity contribution is 5.92. The van der Waals surface area contributed by atoms with Crippen molar-refractivity contribution in [3.63, 3.8) is 0 Å². The van der Waals surface area contributed by atoms with Crippen LogP contribution in [0.2, 0.25) is 0 Å². The Balaban J connectivity index is 1.87. The Bertz CT molecular complexity index is 1300. The smallest absolute Gasteiger partial charge is 0.408 e. The number of aliphatic hydroxyl groups excluding tert-OH is 2. The van der Waals surface area contributed by atoms with Crippen molar-refractivity contribution < 1.29 is 29.3 Å². The lowest BCUT2D eigenvalue weighted by Gasteiger charge is -2.33. The van der Waals surface area contributed by atoms with Crippen molar-refractivity contribution in [1.29, 1.82) is 0 Å². The molecule has 0 heterocycles. The van der Waals surface area contributed by atoms with Gasteiger partial charge in [0.05, 0.1) is 12.1 Å². The standard InChI is InChI=1S/C38H59N3O6/c1-8-25(4)33(41-35(44)31(22-26-15-10-9-11-16-26)40-37(46)47-38(5,6)7)36(45)39-30(34(43)32(42)21-24(2)3)23-28-19-14-18-27-17-12-13-20-29(27)28/h12-14,17-20,24-26,30-34,42-43H,8-11,15-16,21-23H2,1-7H3,(H,39,45)(H,40,46)(H,41,44)/t25-,30-,31-,32-,33-,34+/m0/s1. The fourth-order valence-corrected chi connectivity index (χ4v) is 6.52. The zero-order valence-electron chi connectivity index (χ0n) is 29.6. The minimum Gasteiger partial charge on any atom is -0.444 e. The predicted molar refractivity (Wildman–Crippen MR) is 187 cm³/mol. The van der Waals surface area contributed by atoms with Gasteiger partial charge in [0.1, 0.15) is 23.8 Å². The van der Waals surface area contributed by atoms with E-state index in [-0.39, 0.29) is 24.2 Å². The van der Waals surface area contributed by atoms with Gasteiger partial charge in [-0.25, -0.2) is 4.79 Å². The van der Waals surface area contributed by atoms with E-state index in [0.29, 0.717) is 19.3 Å².